The lowest BCUT2D eigenvalue weighted by Crippen LogP contribution is -2.36. The number of nitrogens with zero attached hydrogens (tertiary/aromatic N) is 1. The Balaban J connectivity index is 1.95. The number of hydrogen-bond acceptors (Lipinski definition) is 3. The first kappa shape index (κ1) is 13.0. The molecule has 1 heterocycles. The molecule has 0 spiro atoms. The van der Waals surface area contributed by atoms with E-state index in [2.05, 4.69) is 36.5 Å². The zero-order valence-corrected chi connectivity index (χ0v) is 12.1. The zero-order valence-electron chi connectivity index (χ0n) is 11.3. The summed E-state index contributed by atoms with van der Waals surface area (Å²) in [6.45, 7) is 9.03. The van der Waals surface area contributed by atoms with Gasteiger partial charge in [-0.3, -0.25) is 0 Å². The van der Waals surface area contributed by atoms with Crippen LogP contribution in [-0.4, -0.2) is 18.1 Å². The van der Waals surface area contributed by atoms with Gasteiger partial charge >= 0.3 is 0 Å². The van der Waals surface area contributed by atoms with E-state index in [0.29, 0.717) is 5.41 Å². The summed E-state index contributed by atoms with van der Waals surface area (Å²) >= 11 is 1.77. The van der Waals surface area contributed by atoms with Crippen molar-refractivity contribution < 1.29 is 0 Å². The van der Waals surface area contributed by atoms with Gasteiger partial charge in [0.05, 0.1) is 10.7 Å². The summed E-state index contributed by atoms with van der Waals surface area (Å²) in [5, 5.41) is 7.03. The van der Waals surface area contributed by atoms with Gasteiger partial charge in [-0.1, -0.05) is 13.8 Å². The van der Waals surface area contributed by atoms with Crippen molar-refractivity contribution in [2.24, 2.45) is 11.3 Å². The lowest BCUT2D eigenvalue weighted by Gasteiger charge is -2.29. The van der Waals surface area contributed by atoms with Crippen molar-refractivity contribution in [2.45, 2.75) is 46.5 Å². The molecule has 2 nitrogen and oxygen atoms in total. The molecule has 1 aromatic rings. The first-order valence-corrected chi connectivity index (χ1v) is 7.64. The Morgan fingerprint density at radius 2 is 2.29 bits per heavy atom. The van der Waals surface area contributed by atoms with Gasteiger partial charge < -0.3 is 5.32 Å². The fourth-order valence-corrected chi connectivity index (χ4v) is 3.20. The minimum Gasteiger partial charge on any atom is -0.316 e. The third kappa shape index (κ3) is 3.52. The van der Waals surface area contributed by atoms with Crippen molar-refractivity contribution in [1.29, 1.82) is 0 Å². The molecule has 0 radical (unpaired) electrons. The van der Waals surface area contributed by atoms with Crippen molar-refractivity contribution in [2.75, 3.05) is 13.1 Å². The maximum Gasteiger partial charge on any atom is 0.0897 e. The maximum absolute atomic E-state index is 4.62. The summed E-state index contributed by atoms with van der Waals surface area (Å²) in [4.78, 5) is 4.62. The second-order valence-electron chi connectivity index (χ2n) is 5.64. The fourth-order valence-electron chi connectivity index (χ4n) is 2.59. The van der Waals surface area contributed by atoms with E-state index < -0.39 is 0 Å². The molecular formula is C14H24N2S. The molecule has 0 amide bonds. The molecule has 1 N–H and O–H groups in total. The van der Waals surface area contributed by atoms with Gasteiger partial charge in [-0.15, -0.1) is 11.3 Å². The molecule has 1 atom stereocenters. The van der Waals surface area contributed by atoms with Gasteiger partial charge in [0.25, 0.3) is 0 Å². The molecular weight excluding hydrogens is 228 g/mol. The number of hydrogen-bond donors (Lipinski definition) is 1. The third-order valence-electron chi connectivity index (χ3n) is 3.77. The van der Waals surface area contributed by atoms with Crippen molar-refractivity contribution >= 4 is 11.3 Å². The Kier molecular flexibility index (Phi) is 4.21. The molecule has 17 heavy (non-hydrogen) atoms. The monoisotopic (exact) mass is 252 g/mol. The van der Waals surface area contributed by atoms with E-state index in [4.69, 9.17) is 0 Å². The van der Waals surface area contributed by atoms with Gasteiger partial charge in [0.15, 0.2) is 0 Å². The molecule has 1 aromatic heterocycles. The molecule has 0 saturated heterocycles. The smallest absolute Gasteiger partial charge is 0.0897 e. The summed E-state index contributed by atoms with van der Waals surface area (Å²) in [7, 11) is 0. The average molecular weight is 252 g/mol. The third-order valence-corrected chi connectivity index (χ3v) is 4.59. The highest BCUT2D eigenvalue weighted by Gasteiger charge is 2.41. The van der Waals surface area contributed by atoms with Crippen LogP contribution in [0.25, 0.3) is 0 Å². The molecule has 1 unspecified atom stereocenters. The minimum absolute atomic E-state index is 0.412. The van der Waals surface area contributed by atoms with Crippen LogP contribution in [-0.2, 0) is 6.42 Å². The molecule has 1 aliphatic rings. The maximum atomic E-state index is 4.62. The van der Waals surface area contributed by atoms with E-state index in [0.717, 1.165) is 25.4 Å². The van der Waals surface area contributed by atoms with Crippen LogP contribution in [0.4, 0.5) is 0 Å². The van der Waals surface area contributed by atoms with Crippen LogP contribution in [0.3, 0.4) is 0 Å². The van der Waals surface area contributed by atoms with Gasteiger partial charge in [0.1, 0.15) is 0 Å². The highest BCUT2D eigenvalue weighted by Crippen LogP contribution is 2.47. The van der Waals surface area contributed by atoms with Gasteiger partial charge in [-0.2, -0.15) is 0 Å². The Morgan fingerprint density at radius 3 is 2.82 bits per heavy atom. The fraction of sp³-hybridized carbons (Fsp3) is 0.786. The van der Waals surface area contributed by atoms with Crippen molar-refractivity contribution in [1.82, 2.24) is 10.3 Å². The first-order chi connectivity index (χ1) is 8.14. The Hall–Kier alpha value is -0.410. The predicted molar refractivity (Wildman–Crippen MR) is 74.5 cm³/mol. The topological polar surface area (TPSA) is 24.9 Å². The summed E-state index contributed by atoms with van der Waals surface area (Å²) in [6.07, 6.45) is 5.18. The van der Waals surface area contributed by atoms with Crippen molar-refractivity contribution in [3.05, 3.63) is 16.1 Å². The molecule has 2 rings (SSSR count). The number of aryl methyl sites for hydroxylation is 1. The Morgan fingerprint density at radius 1 is 1.53 bits per heavy atom. The van der Waals surface area contributed by atoms with Gasteiger partial charge in [0.2, 0.25) is 0 Å². The van der Waals surface area contributed by atoms with E-state index in [9.17, 15) is 0 Å². The van der Waals surface area contributed by atoms with Crippen LogP contribution >= 0.6 is 11.3 Å². The summed E-state index contributed by atoms with van der Waals surface area (Å²) in [6, 6.07) is 0. The van der Waals surface area contributed by atoms with E-state index in [1.807, 2.05) is 0 Å². The summed E-state index contributed by atoms with van der Waals surface area (Å²) < 4.78 is 0. The Bertz CT molecular complexity index is 357. The number of rotatable bonds is 7. The van der Waals surface area contributed by atoms with Crippen LogP contribution in [0.1, 0.15) is 43.8 Å². The molecule has 1 fully saturated rings. The lowest BCUT2D eigenvalue weighted by atomic mass is 9.80. The number of nitrogens with one attached hydrogen (secondary N) is 1. The van der Waals surface area contributed by atoms with Gasteiger partial charge in [0, 0.05) is 11.9 Å². The van der Waals surface area contributed by atoms with Crippen molar-refractivity contribution in [3.8, 4) is 0 Å². The van der Waals surface area contributed by atoms with Crippen LogP contribution in [0.2, 0.25) is 0 Å². The van der Waals surface area contributed by atoms with Crippen LogP contribution in [0.15, 0.2) is 5.38 Å². The van der Waals surface area contributed by atoms with Gasteiger partial charge in [-0.25, -0.2) is 4.98 Å². The predicted octanol–water partition coefficient (Wildman–Crippen LogP) is 3.41. The largest absolute Gasteiger partial charge is 0.316 e. The van der Waals surface area contributed by atoms with Crippen LogP contribution in [0.5, 0.6) is 0 Å². The standard InChI is InChI=1S/C14H24N2S/c1-4-7-15-10-14(3,12-5-6-12)8-13-9-17-11(2)16-13/h9,12,15H,4-8,10H2,1-3H3. The van der Waals surface area contributed by atoms with E-state index in [1.54, 1.807) is 11.3 Å². The second kappa shape index (κ2) is 5.49. The molecule has 3 heteroatoms. The van der Waals surface area contributed by atoms with Gasteiger partial charge in [-0.05, 0) is 50.5 Å². The molecule has 96 valence electrons. The molecule has 1 aliphatic carbocycles. The normalized spacial score (nSPS) is 19.2. The molecule has 0 aromatic carbocycles. The van der Waals surface area contributed by atoms with Crippen LogP contribution in [0, 0.1) is 18.3 Å². The van der Waals surface area contributed by atoms with Crippen LogP contribution < -0.4 is 5.32 Å². The second-order valence-corrected chi connectivity index (χ2v) is 6.70. The highest BCUT2D eigenvalue weighted by atomic mass is 32.1. The van der Waals surface area contributed by atoms with Crippen molar-refractivity contribution in [3.63, 3.8) is 0 Å². The quantitative estimate of drug-likeness (QED) is 0.752. The first-order valence-electron chi connectivity index (χ1n) is 6.76. The van der Waals surface area contributed by atoms with E-state index in [-0.39, 0.29) is 0 Å². The number of thiazole rings is 1. The zero-order chi connectivity index (χ0) is 12.3. The minimum atomic E-state index is 0.412. The van der Waals surface area contributed by atoms with E-state index in [1.165, 1.54) is 30.0 Å². The SMILES string of the molecule is CCCNCC(C)(Cc1csc(C)n1)C1CC1. The average Bonchev–Trinajstić information content (AvgIpc) is 3.05. The molecule has 0 bridgehead atoms. The number of aromatic nitrogens is 1. The highest BCUT2D eigenvalue weighted by molar-refractivity contribution is 7.09. The summed E-state index contributed by atoms with van der Waals surface area (Å²) in [5.74, 6) is 0.911. The molecule has 1 saturated carbocycles. The molecule has 0 aliphatic heterocycles. The van der Waals surface area contributed by atoms with E-state index >= 15 is 0 Å². The summed E-state index contributed by atoms with van der Waals surface area (Å²) in [5.41, 5.74) is 1.70. The Labute approximate surface area is 109 Å². The lowest BCUT2D eigenvalue weighted by molar-refractivity contribution is 0.254.